The Morgan fingerprint density at radius 2 is 2.50 bits per heavy atom. The highest BCUT2D eigenvalue weighted by molar-refractivity contribution is 5.71. The van der Waals surface area contributed by atoms with Crippen LogP contribution in [0.3, 0.4) is 0 Å². The smallest absolute Gasteiger partial charge is 0.0417 e. The third-order valence-electron chi connectivity index (χ3n) is 1.28. The van der Waals surface area contributed by atoms with Crippen molar-refractivity contribution in [1.29, 1.82) is 0 Å². The summed E-state index contributed by atoms with van der Waals surface area (Å²) < 4.78 is 0. The molecule has 1 heteroatoms. The van der Waals surface area contributed by atoms with Crippen molar-refractivity contribution < 1.29 is 0 Å². The molecule has 1 atom stereocenters. The zero-order chi connectivity index (χ0) is 5.82. The molecule has 0 spiro atoms. The van der Waals surface area contributed by atoms with Crippen LogP contribution in [0, 0.1) is 5.92 Å². The molecule has 1 rings (SSSR count). The van der Waals surface area contributed by atoms with E-state index in [4.69, 9.17) is 0 Å². The van der Waals surface area contributed by atoms with Gasteiger partial charge in [0.05, 0.1) is 0 Å². The van der Waals surface area contributed by atoms with Crippen molar-refractivity contribution in [2.24, 2.45) is 10.9 Å². The highest BCUT2D eigenvalue weighted by atomic mass is 14.7. The van der Waals surface area contributed by atoms with Crippen LogP contribution >= 0.6 is 0 Å². The first-order valence-corrected chi connectivity index (χ1v) is 3.04. The first-order chi connectivity index (χ1) is 3.89. The Bertz CT molecular complexity index is 99.6. The van der Waals surface area contributed by atoms with Gasteiger partial charge in [-0.15, -0.1) is 0 Å². The van der Waals surface area contributed by atoms with Crippen LogP contribution in [0.2, 0.25) is 0 Å². The van der Waals surface area contributed by atoms with Gasteiger partial charge >= 0.3 is 0 Å². The molecule has 1 nitrogen and oxygen atoms in total. The lowest BCUT2D eigenvalue weighted by molar-refractivity contribution is 0.612. The minimum Gasteiger partial charge on any atom is -0.293 e. The lowest BCUT2D eigenvalue weighted by Gasteiger charge is -1.99. The molecule has 0 saturated heterocycles. The summed E-state index contributed by atoms with van der Waals surface area (Å²) in [5.41, 5.74) is 0. The summed E-state index contributed by atoms with van der Waals surface area (Å²) in [5.74, 6) is 0.741. The summed E-state index contributed by atoms with van der Waals surface area (Å²) in [6.07, 6.45) is 7.24. The standard InChI is InChI=1S/C7H11N/c1-7-4-2-3-5-8-6-7/h2-3,5,7H,4,6H2,1H3/t7-/m0/s1. The summed E-state index contributed by atoms with van der Waals surface area (Å²) in [6, 6.07) is 0. The largest absolute Gasteiger partial charge is 0.293 e. The average Bonchev–Trinajstić information content (AvgIpc) is 1.94. The Morgan fingerprint density at radius 3 is 3.38 bits per heavy atom. The Balaban J connectivity index is 2.45. The van der Waals surface area contributed by atoms with Gasteiger partial charge < -0.3 is 0 Å². The van der Waals surface area contributed by atoms with Crippen LogP contribution in [0.25, 0.3) is 0 Å². The van der Waals surface area contributed by atoms with E-state index < -0.39 is 0 Å². The number of nitrogens with zero attached hydrogens (tertiary/aromatic N) is 1. The van der Waals surface area contributed by atoms with E-state index >= 15 is 0 Å². The Hall–Kier alpha value is -0.590. The molecule has 0 aliphatic carbocycles. The van der Waals surface area contributed by atoms with E-state index in [1.54, 1.807) is 0 Å². The van der Waals surface area contributed by atoms with Crippen LogP contribution in [0.4, 0.5) is 0 Å². The molecule has 0 amide bonds. The van der Waals surface area contributed by atoms with Crippen LogP contribution in [0.15, 0.2) is 17.1 Å². The second kappa shape index (κ2) is 2.65. The molecule has 0 bridgehead atoms. The van der Waals surface area contributed by atoms with Crippen molar-refractivity contribution in [3.8, 4) is 0 Å². The Morgan fingerprint density at radius 1 is 1.62 bits per heavy atom. The highest BCUT2D eigenvalue weighted by Gasteiger charge is 1.97. The minimum atomic E-state index is 0.741. The van der Waals surface area contributed by atoms with Gasteiger partial charge in [-0.3, -0.25) is 4.99 Å². The van der Waals surface area contributed by atoms with Crippen LogP contribution < -0.4 is 0 Å². The Kier molecular flexibility index (Phi) is 1.84. The molecule has 0 aromatic carbocycles. The zero-order valence-corrected chi connectivity index (χ0v) is 5.17. The van der Waals surface area contributed by atoms with Gasteiger partial charge in [-0.05, 0) is 18.4 Å². The van der Waals surface area contributed by atoms with E-state index in [1.807, 2.05) is 12.3 Å². The number of hydrogen-bond acceptors (Lipinski definition) is 1. The third kappa shape index (κ3) is 1.49. The molecule has 0 N–H and O–H groups in total. The van der Waals surface area contributed by atoms with Crippen LogP contribution in [0.1, 0.15) is 13.3 Å². The lowest BCUT2D eigenvalue weighted by atomic mass is 10.1. The third-order valence-corrected chi connectivity index (χ3v) is 1.28. The monoisotopic (exact) mass is 109 g/mol. The summed E-state index contributed by atoms with van der Waals surface area (Å²) in [7, 11) is 0. The first-order valence-electron chi connectivity index (χ1n) is 3.04. The highest BCUT2D eigenvalue weighted by Crippen LogP contribution is 2.04. The van der Waals surface area contributed by atoms with Crippen molar-refractivity contribution in [2.45, 2.75) is 13.3 Å². The molecular formula is C7H11N. The lowest BCUT2D eigenvalue weighted by Crippen LogP contribution is -1.94. The average molecular weight is 109 g/mol. The molecule has 0 saturated carbocycles. The molecule has 1 aliphatic heterocycles. The maximum atomic E-state index is 4.14. The molecule has 1 aliphatic rings. The molecule has 0 aromatic rings. The van der Waals surface area contributed by atoms with E-state index in [1.165, 1.54) is 6.42 Å². The molecule has 0 unspecified atom stereocenters. The van der Waals surface area contributed by atoms with Gasteiger partial charge in [-0.1, -0.05) is 13.0 Å². The predicted octanol–water partition coefficient (Wildman–Crippen LogP) is 1.65. The second-order valence-corrected chi connectivity index (χ2v) is 2.28. The molecule has 44 valence electrons. The first kappa shape index (κ1) is 5.54. The van der Waals surface area contributed by atoms with Gasteiger partial charge in [-0.25, -0.2) is 0 Å². The fraction of sp³-hybridized carbons (Fsp3) is 0.571. The normalized spacial score (nSPS) is 27.9. The summed E-state index contributed by atoms with van der Waals surface area (Å²) in [5, 5.41) is 0. The van der Waals surface area contributed by atoms with E-state index in [-0.39, 0.29) is 0 Å². The van der Waals surface area contributed by atoms with Gasteiger partial charge in [0.1, 0.15) is 0 Å². The fourth-order valence-corrected chi connectivity index (χ4v) is 0.748. The van der Waals surface area contributed by atoms with Crippen LogP contribution in [-0.2, 0) is 0 Å². The van der Waals surface area contributed by atoms with Crippen LogP contribution in [-0.4, -0.2) is 12.8 Å². The molecule has 0 aromatic heterocycles. The molecular weight excluding hydrogens is 98.1 g/mol. The Labute approximate surface area is 50.1 Å². The number of allylic oxidation sites excluding steroid dienone is 2. The van der Waals surface area contributed by atoms with Crippen LogP contribution in [0.5, 0.6) is 0 Å². The quantitative estimate of drug-likeness (QED) is 0.448. The second-order valence-electron chi connectivity index (χ2n) is 2.28. The molecule has 8 heavy (non-hydrogen) atoms. The number of rotatable bonds is 0. The topological polar surface area (TPSA) is 12.4 Å². The van der Waals surface area contributed by atoms with Gasteiger partial charge in [0.2, 0.25) is 0 Å². The van der Waals surface area contributed by atoms with Gasteiger partial charge in [-0.2, -0.15) is 0 Å². The minimum absolute atomic E-state index is 0.741. The van der Waals surface area contributed by atoms with Gasteiger partial charge in [0.15, 0.2) is 0 Å². The summed E-state index contributed by atoms with van der Waals surface area (Å²) in [4.78, 5) is 4.14. The maximum Gasteiger partial charge on any atom is 0.0417 e. The van der Waals surface area contributed by atoms with Gasteiger partial charge in [0, 0.05) is 12.8 Å². The SMILES string of the molecule is C[C@H]1CC=CC=NC1. The molecule has 1 heterocycles. The van der Waals surface area contributed by atoms with Crippen molar-refractivity contribution in [1.82, 2.24) is 0 Å². The maximum absolute atomic E-state index is 4.14. The van der Waals surface area contributed by atoms with Crippen molar-refractivity contribution >= 4 is 6.21 Å². The van der Waals surface area contributed by atoms with Crippen molar-refractivity contribution in [2.75, 3.05) is 6.54 Å². The van der Waals surface area contributed by atoms with E-state index in [0.717, 1.165) is 12.5 Å². The van der Waals surface area contributed by atoms with E-state index in [9.17, 15) is 0 Å². The zero-order valence-electron chi connectivity index (χ0n) is 5.17. The fourth-order valence-electron chi connectivity index (χ4n) is 0.748. The van der Waals surface area contributed by atoms with Crippen molar-refractivity contribution in [3.63, 3.8) is 0 Å². The number of aliphatic imine (C=N–C) groups is 1. The van der Waals surface area contributed by atoms with Gasteiger partial charge in [0.25, 0.3) is 0 Å². The number of hydrogen-bond donors (Lipinski definition) is 0. The molecule has 0 radical (unpaired) electrons. The van der Waals surface area contributed by atoms with E-state index in [2.05, 4.69) is 18.0 Å². The van der Waals surface area contributed by atoms with Crippen molar-refractivity contribution in [3.05, 3.63) is 12.2 Å². The molecule has 0 fully saturated rings. The van der Waals surface area contributed by atoms with E-state index in [0.29, 0.717) is 0 Å². The predicted molar refractivity (Wildman–Crippen MR) is 36.3 cm³/mol. The summed E-state index contributed by atoms with van der Waals surface area (Å²) in [6.45, 7) is 3.21. The summed E-state index contributed by atoms with van der Waals surface area (Å²) >= 11 is 0.